The molecule has 5 nitrogen and oxygen atoms in total. The van der Waals surface area contributed by atoms with Gasteiger partial charge in [-0.15, -0.1) is 0 Å². The van der Waals surface area contributed by atoms with Gasteiger partial charge in [-0.2, -0.15) is 0 Å². The maximum absolute atomic E-state index is 4.70. The fourth-order valence-corrected chi connectivity index (χ4v) is 2.60. The first-order chi connectivity index (χ1) is 10.5. The molecule has 0 amide bonds. The van der Waals surface area contributed by atoms with E-state index in [1.54, 1.807) is 0 Å². The lowest BCUT2D eigenvalue weighted by atomic mass is 10.2. The molecule has 0 unspecified atom stereocenters. The van der Waals surface area contributed by atoms with Gasteiger partial charge in [-0.3, -0.25) is 9.89 Å². The summed E-state index contributed by atoms with van der Waals surface area (Å²) >= 11 is 0. The number of aliphatic imine (C=N–C) groups is 1. The van der Waals surface area contributed by atoms with Crippen LogP contribution in [0.25, 0.3) is 0 Å². The van der Waals surface area contributed by atoms with Crippen molar-refractivity contribution in [2.24, 2.45) is 4.99 Å². The highest BCUT2D eigenvalue weighted by molar-refractivity contribution is 5.79. The molecular formula is C17H39N5. The first-order valence-electron chi connectivity index (χ1n) is 8.96. The molecule has 0 atom stereocenters. The van der Waals surface area contributed by atoms with Gasteiger partial charge in [0.2, 0.25) is 0 Å². The molecule has 132 valence electrons. The van der Waals surface area contributed by atoms with E-state index in [4.69, 9.17) is 4.99 Å². The molecule has 22 heavy (non-hydrogen) atoms. The molecule has 0 heterocycles. The normalized spacial score (nSPS) is 12.8. The van der Waals surface area contributed by atoms with Crippen LogP contribution in [0.1, 0.15) is 48.5 Å². The van der Waals surface area contributed by atoms with Crippen molar-refractivity contribution in [1.82, 2.24) is 20.4 Å². The predicted molar refractivity (Wildman–Crippen MR) is 98.7 cm³/mol. The van der Waals surface area contributed by atoms with Crippen LogP contribution in [0, 0.1) is 0 Å². The molecule has 0 bridgehead atoms. The van der Waals surface area contributed by atoms with Crippen LogP contribution in [0.3, 0.4) is 0 Å². The van der Waals surface area contributed by atoms with E-state index in [-0.39, 0.29) is 0 Å². The third-order valence-electron chi connectivity index (χ3n) is 3.91. The Kier molecular flexibility index (Phi) is 12.2. The Morgan fingerprint density at radius 3 is 1.95 bits per heavy atom. The van der Waals surface area contributed by atoms with Crippen molar-refractivity contribution >= 4 is 5.96 Å². The van der Waals surface area contributed by atoms with E-state index < -0.39 is 0 Å². The number of hydrogen-bond donors (Lipinski definition) is 2. The number of nitrogens with one attached hydrogen (secondary N) is 2. The van der Waals surface area contributed by atoms with E-state index >= 15 is 0 Å². The molecular weight excluding hydrogens is 274 g/mol. The summed E-state index contributed by atoms with van der Waals surface area (Å²) in [6, 6.07) is 1.13. The van der Waals surface area contributed by atoms with E-state index in [1.807, 2.05) is 0 Å². The van der Waals surface area contributed by atoms with Crippen LogP contribution in [0.5, 0.6) is 0 Å². The smallest absolute Gasteiger partial charge is 0.191 e. The summed E-state index contributed by atoms with van der Waals surface area (Å²) in [5.74, 6) is 0.933. The van der Waals surface area contributed by atoms with Crippen molar-refractivity contribution in [2.75, 3.05) is 45.8 Å². The molecule has 0 aromatic carbocycles. The van der Waals surface area contributed by atoms with E-state index in [0.29, 0.717) is 12.1 Å². The van der Waals surface area contributed by atoms with Gasteiger partial charge in [0.1, 0.15) is 0 Å². The summed E-state index contributed by atoms with van der Waals surface area (Å²) in [4.78, 5) is 9.59. The SMILES string of the molecule is CCNC(=NCCN(C(C)C)C(C)C)NCCN(CC)CC. The Morgan fingerprint density at radius 1 is 0.909 bits per heavy atom. The summed E-state index contributed by atoms with van der Waals surface area (Å²) < 4.78 is 0. The second kappa shape index (κ2) is 12.7. The molecule has 0 rings (SSSR count). The number of guanidine groups is 1. The lowest BCUT2D eigenvalue weighted by Crippen LogP contribution is -2.43. The quantitative estimate of drug-likeness (QED) is 0.452. The largest absolute Gasteiger partial charge is 0.357 e. The average molecular weight is 314 g/mol. The van der Waals surface area contributed by atoms with Crippen LogP contribution in [-0.4, -0.2) is 73.7 Å². The number of likely N-dealkylation sites (N-methyl/N-ethyl adjacent to an activating group) is 1. The van der Waals surface area contributed by atoms with E-state index in [1.165, 1.54) is 0 Å². The van der Waals surface area contributed by atoms with E-state index in [0.717, 1.165) is 51.8 Å². The molecule has 0 aliphatic heterocycles. The van der Waals surface area contributed by atoms with E-state index in [2.05, 4.69) is 68.9 Å². The van der Waals surface area contributed by atoms with E-state index in [9.17, 15) is 0 Å². The zero-order valence-electron chi connectivity index (χ0n) is 15.9. The maximum atomic E-state index is 4.70. The second-order valence-corrected chi connectivity index (χ2v) is 6.14. The van der Waals surface area contributed by atoms with Crippen molar-refractivity contribution in [3.8, 4) is 0 Å². The Bertz CT molecular complexity index is 277. The van der Waals surface area contributed by atoms with Crippen molar-refractivity contribution in [3.05, 3.63) is 0 Å². The summed E-state index contributed by atoms with van der Waals surface area (Å²) in [7, 11) is 0. The zero-order valence-corrected chi connectivity index (χ0v) is 15.9. The Balaban J connectivity index is 4.30. The molecule has 2 N–H and O–H groups in total. The molecule has 0 aliphatic carbocycles. The van der Waals surface area contributed by atoms with Gasteiger partial charge in [-0.1, -0.05) is 13.8 Å². The first kappa shape index (κ1) is 21.2. The molecule has 0 spiro atoms. The number of rotatable bonds is 11. The minimum atomic E-state index is 0.563. The average Bonchev–Trinajstić information content (AvgIpc) is 2.47. The molecule has 0 aliphatic rings. The van der Waals surface area contributed by atoms with Crippen LogP contribution < -0.4 is 10.6 Å². The van der Waals surface area contributed by atoms with Gasteiger partial charge in [0.05, 0.1) is 6.54 Å². The summed E-state index contributed by atoms with van der Waals surface area (Å²) in [6.07, 6.45) is 0. The summed E-state index contributed by atoms with van der Waals surface area (Å²) in [6.45, 7) is 22.4. The van der Waals surface area contributed by atoms with Crippen molar-refractivity contribution in [1.29, 1.82) is 0 Å². The number of nitrogens with zero attached hydrogens (tertiary/aromatic N) is 3. The highest BCUT2D eigenvalue weighted by Gasteiger charge is 2.12. The Labute approximate surface area is 138 Å². The predicted octanol–water partition coefficient (Wildman–Crippen LogP) is 2.00. The Hall–Kier alpha value is -0.810. The lowest BCUT2D eigenvalue weighted by Gasteiger charge is -2.29. The van der Waals surface area contributed by atoms with Crippen molar-refractivity contribution < 1.29 is 0 Å². The van der Waals surface area contributed by atoms with Gasteiger partial charge in [-0.05, 0) is 47.7 Å². The standard InChI is InChI=1S/C17H39N5/c1-8-18-17(19-11-13-21(9-2)10-3)20-12-14-22(15(4)5)16(6)7/h15-16H,8-14H2,1-7H3,(H2,18,19,20). The molecule has 0 saturated carbocycles. The van der Waals surface area contributed by atoms with Crippen molar-refractivity contribution in [2.45, 2.75) is 60.5 Å². The first-order valence-corrected chi connectivity index (χ1v) is 8.96. The molecule has 0 radical (unpaired) electrons. The molecule has 0 saturated heterocycles. The fourth-order valence-electron chi connectivity index (χ4n) is 2.60. The lowest BCUT2D eigenvalue weighted by molar-refractivity contribution is 0.181. The summed E-state index contributed by atoms with van der Waals surface area (Å²) in [5, 5.41) is 6.76. The monoisotopic (exact) mass is 313 g/mol. The molecule has 0 aromatic heterocycles. The van der Waals surface area contributed by atoms with Gasteiger partial charge in [-0.25, -0.2) is 0 Å². The maximum Gasteiger partial charge on any atom is 0.191 e. The third kappa shape index (κ3) is 9.26. The fraction of sp³-hybridized carbons (Fsp3) is 0.941. The Morgan fingerprint density at radius 2 is 1.50 bits per heavy atom. The van der Waals surface area contributed by atoms with Gasteiger partial charge in [0, 0.05) is 38.3 Å². The highest BCUT2D eigenvalue weighted by atomic mass is 15.2. The highest BCUT2D eigenvalue weighted by Crippen LogP contribution is 2.03. The van der Waals surface area contributed by atoms with Crippen LogP contribution >= 0.6 is 0 Å². The van der Waals surface area contributed by atoms with Gasteiger partial charge in [0.25, 0.3) is 0 Å². The van der Waals surface area contributed by atoms with Gasteiger partial charge < -0.3 is 15.5 Å². The van der Waals surface area contributed by atoms with Crippen LogP contribution in [0.15, 0.2) is 4.99 Å². The third-order valence-corrected chi connectivity index (χ3v) is 3.91. The van der Waals surface area contributed by atoms with Crippen LogP contribution in [0.2, 0.25) is 0 Å². The minimum absolute atomic E-state index is 0.563. The van der Waals surface area contributed by atoms with Crippen molar-refractivity contribution in [3.63, 3.8) is 0 Å². The second-order valence-electron chi connectivity index (χ2n) is 6.14. The topological polar surface area (TPSA) is 42.9 Å². The molecule has 0 aromatic rings. The minimum Gasteiger partial charge on any atom is -0.357 e. The van der Waals surface area contributed by atoms with Gasteiger partial charge in [0.15, 0.2) is 5.96 Å². The van der Waals surface area contributed by atoms with Crippen LogP contribution in [0.4, 0.5) is 0 Å². The van der Waals surface area contributed by atoms with Gasteiger partial charge >= 0.3 is 0 Å². The van der Waals surface area contributed by atoms with Crippen LogP contribution in [-0.2, 0) is 0 Å². The molecule has 5 heteroatoms. The summed E-state index contributed by atoms with van der Waals surface area (Å²) in [5.41, 5.74) is 0. The molecule has 0 fully saturated rings. The zero-order chi connectivity index (χ0) is 17.0. The number of hydrogen-bond acceptors (Lipinski definition) is 3.